The van der Waals surface area contributed by atoms with E-state index in [0.29, 0.717) is 0 Å². The number of nitrogens with zero attached hydrogens (tertiary/aromatic N) is 1. The number of sulfonamides is 1. The number of nitriles is 1. The minimum absolute atomic E-state index is 0.125. The van der Waals surface area contributed by atoms with Crippen molar-refractivity contribution in [3.05, 3.63) is 52.8 Å². The largest absolute Gasteiger partial charge is 0.396 e. The molecule has 0 radical (unpaired) electrons. The predicted octanol–water partition coefficient (Wildman–Crippen LogP) is 2.73. The SMILES string of the molecule is N#Cc1cc(NS(=O)(=O)c2ccc(N)c(F)c2)ccc1Cl. The highest BCUT2D eigenvalue weighted by molar-refractivity contribution is 7.92. The number of nitrogens with two attached hydrogens (primary N) is 1. The molecule has 0 bridgehead atoms. The van der Waals surface area contributed by atoms with Gasteiger partial charge in [0.2, 0.25) is 0 Å². The maximum absolute atomic E-state index is 13.3. The molecule has 0 amide bonds. The summed E-state index contributed by atoms with van der Waals surface area (Å²) < 4.78 is 39.8. The van der Waals surface area contributed by atoms with Crippen molar-refractivity contribution in [3.8, 4) is 6.07 Å². The fourth-order valence-corrected chi connectivity index (χ4v) is 2.78. The molecule has 0 atom stereocenters. The Kier molecular flexibility index (Phi) is 4.02. The van der Waals surface area contributed by atoms with Crippen LogP contribution < -0.4 is 10.5 Å². The summed E-state index contributed by atoms with van der Waals surface area (Å²) in [5, 5.41) is 9.06. The molecule has 21 heavy (non-hydrogen) atoms. The Labute approximate surface area is 125 Å². The van der Waals surface area contributed by atoms with Crippen LogP contribution in [0.4, 0.5) is 15.8 Å². The zero-order valence-electron chi connectivity index (χ0n) is 10.5. The van der Waals surface area contributed by atoms with Gasteiger partial charge in [0, 0.05) is 0 Å². The molecule has 0 fully saturated rings. The van der Waals surface area contributed by atoms with Crippen molar-refractivity contribution >= 4 is 33.0 Å². The third-order valence-electron chi connectivity index (χ3n) is 2.62. The van der Waals surface area contributed by atoms with Crippen molar-refractivity contribution in [2.24, 2.45) is 0 Å². The summed E-state index contributed by atoms with van der Waals surface area (Å²) in [7, 11) is -3.99. The quantitative estimate of drug-likeness (QED) is 0.848. The van der Waals surface area contributed by atoms with Crippen LogP contribution in [-0.2, 0) is 10.0 Å². The zero-order chi connectivity index (χ0) is 15.6. The first-order chi connectivity index (χ1) is 9.83. The average Bonchev–Trinajstić information content (AvgIpc) is 2.43. The smallest absolute Gasteiger partial charge is 0.261 e. The van der Waals surface area contributed by atoms with Gasteiger partial charge in [-0.3, -0.25) is 4.72 Å². The summed E-state index contributed by atoms with van der Waals surface area (Å²) in [5.41, 5.74) is 5.42. The molecule has 2 aromatic rings. The van der Waals surface area contributed by atoms with Crippen LogP contribution in [0.5, 0.6) is 0 Å². The third-order valence-corrected chi connectivity index (χ3v) is 4.33. The van der Waals surface area contributed by atoms with E-state index in [2.05, 4.69) is 4.72 Å². The molecule has 0 aliphatic heterocycles. The standard InChI is InChI=1S/C13H9ClFN3O2S/c14-11-3-1-9(5-8(11)7-16)18-21(19,20)10-2-4-13(17)12(15)6-10/h1-6,18H,17H2. The molecule has 0 spiro atoms. The van der Waals surface area contributed by atoms with E-state index in [4.69, 9.17) is 22.6 Å². The number of hydrogen-bond acceptors (Lipinski definition) is 4. The Hall–Kier alpha value is -2.30. The van der Waals surface area contributed by atoms with E-state index in [0.717, 1.165) is 12.1 Å². The average molecular weight is 326 g/mol. The summed E-state index contributed by atoms with van der Waals surface area (Å²) in [6, 6.07) is 9.07. The van der Waals surface area contributed by atoms with E-state index in [9.17, 15) is 12.8 Å². The Morgan fingerprint density at radius 2 is 1.95 bits per heavy atom. The van der Waals surface area contributed by atoms with Crippen LogP contribution >= 0.6 is 11.6 Å². The van der Waals surface area contributed by atoms with Crippen molar-refractivity contribution < 1.29 is 12.8 Å². The Balaban J connectivity index is 2.37. The van der Waals surface area contributed by atoms with Gasteiger partial charge in [-0.1, -0.05) is 11.6 Å². The highest BCUT2D eigenvalue weighted by Crippen LogP contribution is 2.23. The maximum Gasteiger partial charge on any atom is 0.261 e. The molecule has 0 aliphatic carbocycles. The molecular weight excluding hydrogens is 317 g/mol. The monoisotopic (exact) mass is 325 g/mol. The minimum Gasteiger partial charge on any atom is -0.396 e. The Morgan fingerprint density at radius 3 is 2.57 bits per heavy atom. The third kappa shape index (κ3) is 3.24. The van der Waals surface area contributed by atoms with Crippen molar-refractivity contribution in [3.63, 3.8) is 0 Å². The van der Waals surface area contributed by atoms with E-state index in [1.165, 1.54) is 24.3 Å². The molecule has 0 heterocycles. The lowest BCUT2D eigenvalue weighted by atomic mass is 10.2. The molecule has 0 saturated heterocycles. The maximum atomic E-state index is 13.3. The van der Waals surface area contributed by atoms with Crippen LogP contribution in [0.15, 0.2) is 41.3 Å². The fourth-order valence-electron chi connectivity index (χ4n) is 1.56. The second-order valence-corrected chi connectivity index (χ2v) is 6.18. The van der Waals surface area contributed by atoms with Gasteiger partial charge < -0.3 is 5.73 Å². The van der Waals surface area contributed by atoms with Gasteiger partial charge in [0.1, 0.15) is 11.9 Å². The van der Waals surface area contributed by atoms with Crippen LogP contribution in [0, 0.1) is 17.1 Å². The van der Waals surface area contributed by atoms with Gasteiger partial charge >= 0.3 is 0 Å². The summed E-state index contributed by atoms with van der Waals surface area (Å²) in [6.45, 7) is 0. The van der Waals surface area contributed by atoms with Crippen molar-refractivity contribution in [1.82, 2.24) is 0 Å². The van der Waals surface area contributed by atoms with Crippen LogP contribution in [-0.4, -0.2) is 8.42 Å². The summed E-state index contributed by atoms with van der Waals surface area (Å²) in [5.74, 6) is -0.827. The van der Waals surface area contributed by atoms with E-state index in [1.54, 1.807) is 0 Å². The zero-order valence-corrected chi connectivity index (χ0v) is 12.0. The van der Waals surface area contributed by atoms with Gasteiger partial charge in [-0.2, -0.15) is 5.26 Å². The molecular formula is C13H9ClFN3O2S. The van der Waals surface area contributed by atoms with Crippen molar-refractivity contribution in [2.45, 2.75) is 4.90 Å². The molecule has 8 heteroatoms. The summed E-state index contributed by atoms with van der Waals surface area (Å²) in [4.78, 5) is -0.275. The number of nitrogens with one attached hydrogen (secondary N) is 1. The second kappa shape index (κ2) is 5.60. The number of rotatable bonds is 3. The number of nitrogen functional groups attached to an aromatic ring is 1. The van der Waals surface area contributed by atoms with Gasteiger partial charge in [0.25, 0.3) is 10.0 Å². The van der Waals surface area contributed by atoms with Gasteiger partial charge in [0.05, 0.1) is 26.9 Å². The molecule has 0 aliphatic rings. The van der Waals surface area contributed by atoms with Gasteiger partial charge in [-0.25, -0.2) is 12.8 Å². The first-order valence-electron chi connectivity index (χ1n) is 5.61. The molecule has 5 nitrogen and oxygen atoms in total. The topological polar surface area (TPSA) is 96.0 Å². The van der Waals surface area contributed by atoms with E-state index in [-0.39, 0.29) is 26.9 Å². The van der Waals surface area contributed by atoms with Gasteiger partial charge in [0.15, 0.2) is 0 Å². The first-order valence-corrected chi connectivity index (χ1v) is 7.47. The Morgan fingerprint density at radius 1 is 1.24 bits per heavy atom. The Bertz CT molecular complexity index is 847. The van der Waals surface area contributed by atoms with Gasteiger partial charge in [-0.05, 0) is 36.4 Å². The molecule has 2 aromatic carbocycles. The molecule has 0 aromatic heterocycles. The van der Waals surface area contributed by atoms with Crippen LogP contribution in [0.1, 0.15) is 5.56 Å². The number of hydrogen-bond donors (Lipinski definition) is 2. The number of halogens is 2. The van der Waals surface area contributed by atoms with Crippen molar-refractivity contribution in [2.75, 3.05) is 10.5 Å². The lowest BCUT2D eigenvalue weighted by Gasteiger charge is -2.09. The summed E-state index contributed by atoms with van der Waals surface area (Å²) >= 11 is 5.76. The minimum atomic E-state index is -3.99. The second-order valence-electron chi connectivity index (χ2n) is 4.10. The molecule has 3 N–H and O–H groups in total. The predicted molar refractivity (Wildman–Crippen MR) is 77.8 cm³/mol. The molecule has 0 unspecified atom stereocenters. The lowest BCUT2D eigenvalue weighted by Crippen LogP contribution is -2.13. The highest BCUT2D eigenvalue weighted by Gasteiger charge is 2.16. The normalized spacial score (nSPS) is 10.9. The highest BCUT2D eigenvalue weighted by atomic mass is 35.5. The summed E-state index contributed by atoms with van der Waals surface area (Å²) in [6.07, 6.45) is 0. The van der Waals surface area contributed by atoms with Crippen molar-refractivity contribution in [1.29, 1.82) is 5.26 Å². The van der Waals surface area contributed by atoms with E-state index in [1.807, 2.05) is 6.07 Å². The van der Waals surface area contributed by atoms with Crippen LogP contribution in [0.25, 0.3) is 0 Å². The number of anilines is 2. The molecule has 0 saturated carbocycles. The number of benzene rings is 2. The fraction of sp³-hybridized carbons (Fsp3) is 0. The van der Waals surface area contributed by atoms with Crippen LogP contribution in [0.3, 0.4) is 0 Å². The van der Waals surface area contributed by atoms with E-state index >= 15 is 0 Å². The lowest BCUT2D eigenvalue weighted by molar-refractivity contribution is 0.596. The van der Waals surface area contributed by atoms with Gasteiger partial charge in [-0.15, -0.1) is 0 Å². The molecule has 2 rings (SSSR count). The van der Waals surface area contributed by atoms with E-state index < -0.39 is 15.8 Å². The first kappa shape index (κ1) is 15.1. The molecule has 108 valence electrons. The van der Waals surface area contributed by atoms with Crippen LogP contribution in [0.2, 0.25) is 5.02 Å².